The molecular weight excluding hydrogens is 382 g/mol. The van der Waals surface area contributed by atoms with Gasteiger partial charge in [-0.25, -0.2) is 0 Å². The maximum atomic E-state index is 6.36. The zero-order valence-electron chi connectivity index (χ0n) is 14.8. The molecule has 2 aromatic heterocycles. The normalized spacial score (nSPS) is 19.2. The molecule has 1 aliphatic heterocycles. The Kier molecular flexibility index (Phi) is 4.76. The van der Waals surface area contributed by atoms with Crippen molar-refractivity contribution in [3.05, 3.63) is 77.0 Å². The van der Waals surface area contributed by atoms with Gasteiger partial charge in [0.25, 0.3) is 0 Å². The molecule has 1 aromatic carbocycles. The molecule has 0 bridgehead atoms. The molecular formula is C20H18ClN3O2S. The lowest BCUT2D eigenvalue weighted by molar-refractivity contribution is 0.414. The highest BCUT2D eigenvalue weighted by molar-refractivity contribution is 7.80. The first-order chi connectivity index (χ1) is 13.1. The first kappa shape index (κ1) is 17.8. The Balaban J connectivity index is 1.81. The maximum absolute atomic E-state index is 6.36. The van der Waals surface area contributed by atoms with Crippen LogP contribution >= 0.6 is 23.8 Å². The summed E-state index contributed by atoms with van der Waals surface area (Å²) in [7, 11) is 1.59. The van der Waals surface area contributed by atoms with E-state index in [2.05, 4.69) is 10.3 Å². The van der Waals surface area contributed by atoms with Gasteiger partial charge < -0.3 is 19.4 Å². The Bertz CT molecular complexity index is 976. The molecule has 5 nitrogen and oxygen atoms in total. The SMILES string of the molecule is COc1ccc(N2C(=S)N[C@@H](c3ccccn3)[C@H]2c2ccc(C)o2)cc1Cl. The molecule has 0 amide bonds. The molecule has 0 radical (unpaired) electrons. The number of furan rings is 1. The molecule has 7 heteroatoms. The zero-order valence-corrected chi connectivity index (χ0v) is 16.4. The minimum absolute atomic E-state index is 0.148. The molecule has 0 unspecified atom stereocenters. The Morgan fingerprint density at radius 2 is 2.07 bits per heavy atom. The van der Waals surface area contributed by atoms with E-state index in [1.807, 2.05) is 60.4 Å². The molecule has 4 rings (SSSR count). The highest BCUT2D eigenvalue weighted by Crippen LogP contribution is 2.43. The molecule has 138 valence electrons. The predicted octanol–water partition coefficient (Wildman–Crippen LogP) is 4.82. The Morgan fingerprint density at radius 1 is 1.22 bits per heavy atom. The number of anilines is 1. The van der Waals surface area contributed by atoms with E-state index >= 15 is 0 Å². The molecule has 27 heavy (non-hydrogen) atoms. The van der Waals surface area contributed by atoms with Crippen molar-refractivity contribution in [1.82, 2.24) is 10.3 Å². The number of pyridine rings is 1. The average molecular weight is 400 g/mol. The van der Waals surface area contributed by atoms with Crippen LogP contribution in [0, 0.1) is 6.92 Å². The summed E-state index contributed by atoms with van der Waals surface area (Å²) in [5, 5.41) is 4.50. The van der Waals surface area contributed by atoms with Crippen molar-refractivity contribution in [3.8, 4) is 5.75 Å². The Morgan fingerprint density at radius 3 is 2.70 bits per heavy atom. The van der Waals surface area contributed by atoms with E-state index in [1.165, 1.54) is 0 Å². The van der Waals surface area contributed by atoms with Crippen LogP contribution in [0.2, 0.25) is 5.02 Å². The highest BCUT2D eigenvalue weighted by atomic mass is 35.5. The maximum Gasteiger partial charge on any atom is 0.174 e. The minimum Gasteiger partial charge on any atom is -0.495 e. The van der Waals surface area contributed by atoms with Crippen molar-refractivity contribution in [2.45, 2.75) is 19.0 Å². The number of nitrogens with zero attached hydrogens (tertiary/aromatic N) is 2. The lowest BCUT2D eigenvalue weighted by Gasteiger charge is -2.26. The average Bonchev–Trinajstić information content (AvgIpc) is 3.25. The number of aryl methyl sites for hydroxylation is 1. The van der Waals surface area contributed by atoms with Gasteiger partial charge in [0.2, 0.25) is 0 Å². The second-order valence-corrected chi connectivity index (χ2v) is 7.06. The van der Waals surface area contributed by atoms with Crippen LogP contribution in [-0.4, -0.2) is 17.2 Å². The summed E-state index contributed by atoms with van der Waals surface area (Å²) < 4.78 is 11.2. The van der Waals surface area contributed by atoms with Gasteiger partial charge in [-0.15, -0.1) is 0 Å². The number of aromatic nitrogens is 1. The summed E-state index contributed by atoms with van der Waals surface area (Å²) in [6.07, 6.45) is 1.78. The molecule has 2 atom stereocenters. The molecule has 1 fully saturated rings. The number of nitrogens with one attached hydrogen (secondary N) is 1. The van der Waals surface area contributed by atoms with Gasteiger partial charge in [0.1, 0.15) is 23.3 Å². The van der Waals surface area contributed by atoms with Crippen molar-refractivity contribution in [1.29, 1.82) is 0 Å². The fourth-order valence-corrected chi connectivity index (χ4v) is 3.94. The zero-order chi connectivity index (χ0) is 19.0. The summed E-state index contributed by atoms with van der Waals surface area (Å²) in [6, 6.07) is 15.0. The van der Waals surface area contributed by atoms with Crippen LogP contribution in [0.1, 0.15) is 29.3 Å². The van der Waals surface area contributed by atoms with E-state index < -0.39 is 0 Å². The first-order valence-electron chi connectivity index (χ1n) is 8.49. The lowest BCUT2D eigenvalue weighted by atomic mass is 10.0. The van der Waals surface area contributed by atoms with E-state index in [4.69, 9.17) is 33.0 Å². The van der Waals surface area contributed by atoms with Crippen molar-refractivity contribution in [2.24, 2.45) is 0 Å². The lowest BCUT2D eigenvalue weighted by Crippen LogP contribution is -2.29. The first-order valence-corrected chi connectivity index (χ1v) is 9.27. The van der Waals surface area contributed by atoms with Crippen LogP contribution < -0.4 is 15.0 Å². The number of halogens is 1. The van der Waals surface area contributed by atoms with Gasteiger partial charge in [-0.3, -0.25) is 4.98 Å². The van der Waals surface area contributed by atoms with Crippen LogP contribution in [0.3, 0.4) is 0 Å². The fourth-order valence-electron chi connectivity index (χ4n) is 3.34. The van der Waals surface area contributed by atoms with Crippen LogP contribution in [-0.2, 0) is 0 Å². The number of hydrogen-bond donors (Lipinski definition) is 1. The van der Waals surface area contributed by atoms with Gasteiger partial charge >= 0.3 is 0 Å². The standard InChI is InChI=1S/C20H18ClN3O2S/c1-12-6-8-17(26-12)19-18(15-5-3-4-10-22-15)23-20(27)24(19)13-7-9-16(25-2)14(21)11-13/h3-11,18-19H,1-2H3,(H,23,27)/t18-,19+/m0/s1. The summed E-state index contributed by atoms with van der Waals surface area (Å²) in [6.45, 7) is 1.93. The number of methoxy groups -OCH3 is 1. The molecule has 1 N–H and O–H groups in total. The number of thiocarbonyl (C=S) groups is 1. The van der Waals surface area contributed by atoms with E-state index in [1.54, 1.807) is 13.3 Å². The summed E-state index contributed by atoms with van der Waals surface area (Å²) in [5.41, 5.74) is 1.75. The van der Waals surface area contributed by atoms with Gasteiger partial charge in [0, 0.05) is 11.9 Å². The van der Waals surface area contributed by atoms with Crippen LogP contribution in [0.5, 0.6) is 5.75 Å². The molecule has 3 heterocycles. The minimum atomic E-state index is -0.189. The van der Waals surface area contributed by atoms with Crippen molar-refractivity contribution >= 4 is 34.6 Å². The van der Waals surface area contributed by atoms with Crippen LogP contribution in [0.25, 0.3) is 0 Å². The Labute approximate surface area is 167 Å². The van der Waals surface area contributed by atoms with Crippen LogP contribution in [0.4, 0.5) is 5.69 Å². The fraction of sp³-hybridized carbons (Fsp3) is 0.200. The molecule has 0 aliphatic carbocycles. The number of ether oxygens (including phenoxy) is 1. The van der Waals surface area contributed by atoms with E-state index in [9.17, 15) is 0 Å². The predicted molar refractivity (Wildman–Crippen MR) is 109 cm³/mol. The summed E-state index contributed by atoms with van der Waals surface area (Å²) in [4.78, 5) is 6.53. The van der Waals surface area contributed by atoms with E-state index in [-0.39, 0.29) is 12.1 Å². The van der Waals surface area contributed by atoms with E-state index in [0.717, 1.165) is 22.9 Å². The van der Waals surface area contributed by atoms with Gasteiger partial charge in [-0.05, 0) is 61.6 Å². The smallest absolute Gasteiger partial charge is 0.174 e. The van der Waals surface area contributed by atoms with Crippen molar-refractivity contribution < 1.29 is 9.15 Å². The summed E-state index contributed by atoms with van der Waals surface area (Å²) in [5.74, 6) is 2.27. The molecule has 0 spiro atoms. The highest BCUT2D eigenvalue weighted by Gasteiger charge is 2.42. The van der Waals surface area contributed by atoms with Crippen molar-refractivity contribution in [2.75, 3.05) is 12.0 Å². The third-order valence-corrected chi connectivity index (χ3v) is 5.17. The monoisotopic (exact) mass is 399 g/mol. The third kappa shape index (κ3) is 3.26. The Hall–Kier alpha value is -2.57. The van der Waals surface area contributed by atoms with Gasteiger partial charge in [0.15, 0.2) is 5.11 Å². The molecule has 1 saturated heterocycles. The third-order valence-electron chi connectivity index (χ3n) is 4.56. The molecule has 0 saturated carbocycles. The van der Waals surface area contributed by atoms with Gasteiger partial charge in [-0.1, -0.05) is 17.7 Å². The van der Waals surface area contributed by atoms with Gasteiger partial charge in [-0.2, -0.15) is 0 Å². The molecule has 1 aliphatic rings. The molecule has 3 aromatic rings. The second kappa shape index (κ2) is 7.21. The van der Waals surface area contributed by atoms with E-state index in [0.29, 0.717) is 15.9 Å². The van der Waals surface area contributed by atoms with Crippen molar-refractivity contribution in [3.63, 3.8) is 0 Å². The van der Waals surface area contributed by atoms with Crippen LogP contribution in [0.15, 0.2) is 59.1 Å². The van der Waals surface area contributed by atoms with Gasteiger partial charge in [0.05, 0.1) is 23.9 Å². The number of rotatable bonds is 4. The quantitative estimate of drug-likeness (QED) is 0.634. The topological polar surface area (TPSA) is 50.5 Å². The summed E-state index contributed by atoms with van der Waals surface area (Å²) >= 11 is 12.0. The number of hydrogen-bond acceptors (Lipinski definition) is 4. The largest absolute Gasteiger partial charge is 0.495 e. The number of benzene rings is 1. The second-order valence-electron chi connectivity index (χ2n) is 6.26.